The van der Waals surface area contributed by atoms with Crippen molar-refractivity contribution in [2.24, 2.45) is 0 Å². The minimum absolute atomic E-state index is 0.127. The van der Waals surface area contributed by atoms with Crippen LogP contribution in [0.3, 0.4) is 0 Å². The molecule has 1 N–H and O–H groups in total. The van der Waals surface area contributed by atoms with E-state index < -0.39 is 0 Å². The number of nitrogens with one attached hydrogen (secondary N) is 1. The molecule has 0 radical (unpaired) electrons. The molecule has 0 aliphatic heterocycles. The highest BCUT2D eigenvalue weighted by atomic mass is 19.1. The van der Waals surface area contributed by atoms with Gasteiger partial charge in [0.1, 0.15) is 5.82 Å². The largest absolute Gasteiger partial charge is 0.382 e. The fourth-order valence-corrected chi connectivity index (χ4v) is 2.04. The predicted molar refractivity (Wildman–Crippen MR) is 74.9 cm³/mol. The van der Waals surface area contributed by atoms with Crippen LogP contribution in [0.25, 0.3) is 0 Å². The summed E-state index contributed by atoms with van der Waals surface area (Å²) in [5.74, 6) is -0.182. The van der Waals surface area contributed by atoms with Gasteiger partial charge in [-0.3, -0.25) is 0 Å². The van der Waals surface area contributed by atoms with E-state index in [4.69, 9.17) is 9.47 Å². The summed E-state index contributed by atoms with van der Waals surface area (Å²) < 4.78 is 23.8. The van der Waals surface area contributed by atoms with E-state index in [-0.39, 0.29) is 11.9 Å². The first-order valence-corrected chi connectivity index (χ1v) is 6.74. The molecule has 0 aliphatic carbocycles. The molecule has 0 bridgehead atoms. The summed E-state index contributed by atoms with van der Waals surface area (Å²) in [6, 6.07) is 5.28. The number of methoxy groups -OCH3 is 1. The molecule has 19 heavy (non-hydrogen) atoms. The first kappa shape index (κ1) is 16.1. The molecule has 1 unspecified atom stereocenters. The second-order valence-electron chi connectivity index (χ2n) is 4.57. The molecule has 0 saturated heterocycles. The van der Waals surface area contributed by atoms with Crippen LogP contribution in [-0.2, 0) is 9.47 Å². The Morgan fingerprint density at radius 1 is 1.21 bits per heavy atom. The monoisotopic (exact) mass is 269 g/mol. The van der Waals surface area contributed by atoms with E-state index >= 15 is 0 Å². The SMILES string of the molecule is CCNC(CCOCCOC)c1cc(C)cc(F)c1. The highest BCUT2D eigenvalue weighted by molar-refractivity contribution is 5.26. The second kappa shape index (κ2) is 9.02. The molecular weight excluding hydrogens is 245 g/mol. The Labute approximate surface area is 115 Å². The minimum Gasteiger partial charge on any atom is -0.382 e. The summed E-state index contributed by atoms with van der Waals surface area (Å²) in [6.45, 7) is 6.63. The van der Waals surface area contributed by atoms with Crippen molar-refractivity contribution in [3.63, 3.8) is 0 Å². The number of halogens is 1. The third-order valence-electron chi connectivity index (χ3n) is 2.90. The topological polar surface area (TPSA) is 30.5 Å². The van der Waals surface area contributed by atoms with Gasteiger partial charge in [0.2, 0.25) is 0 Å². The van der Waals surface area contributed by atoms with Gasteiger partial charge >= 0.3 is 0 Å². The maximum Gasteiger partial charge on any atom is 0.123 e. The van der Waals surface area contributed by atoms with Crippen molar-refractivity contribution in [1.82, 2.24) is 5.32 Å². The van der Waals surface area contributed by atoms with Crippen LogP contribution in [0.5, 0.6) is 0 Å². The van der Waals surface area contributed by atoms with Gasteiger partial charge in [-0.2, -0.15) is 0 Å². The van der Waals surface area contributed by atoms with Crippen LogP contribution in [0.15, 0.2) is 18.2 Å². The molecular formula is C15H24FNO2. The van der Waals surface area contributed by atoms with Gasteiger partial charge in [0.15, 0.2) is 0 Å². The van der Waals surface area contributed by atoms with Gasteiger partial charge in [-0.15, -0.1) is 0 Å². The lowest BCUT2D eigenvalue weighted by atomic mass is 10.0. The number of rotatable bonds is 9. The zero-order valence-corrected chi connectivity index (χ0v) is 12.0. The van der Waals surface area contributed by atoms with Crippen LogP contribution in [0, 0.1) is 12.7 Å². The van der Waals surface area contributed by atoms with Crippen molar-refractivity contribution < 1.29 is 13.9 Å². The number of benzene rings is 1. The molecule has 1 rings (SSSR count). The van der Waals surface area contributed by atoms with Gasteiger partial charge in [-0.1, -0.05) is 13.0 Å². The van der Waals surface area contributed by atoms with E-state index in [1.807, 2.05) is 19.9 Å². The number of hydrogen-bond acceptors (Lipinski definition) is 3. The van der Waals surface area contributed by atoms with E-state index in [1.165, 1.54) is 0 Å². The lowest BCUT2D eigenvalue weighted by Gasteiger charge is -2.19. The minimum atomic E-state index is -0.182. The van der Waals surface area contributed by atoms with Crippen LogP contribution in [-0.4, -0.2) is 33.5 Å². The molecule has 1 atom stereocenters. The average Bonchev–Trinajstić information content (AvgIpc) is 2.36. The van der Waals surface area contributed by atoms with Crippen LogP contribution in [0.2, 0.25) is 0 Å². The molecule has 0 saturated carbocycles. The van der Waals surface area contributed by atoms with Gasteiger partial charge in [0.25, 0.3) is 0 Å². The molecule has 1 aromatic carbocycles. The Kier molecular flexibility index (Phi) is 7.63. The molecule has 0 heterocycles. The van der Waals surface area contributed by atoms with Crippen molar-refractivity contribution in [3.05, 3.63) is 35.1 Å². The molecule has 3 nitrogen and oxygen atoms in total. The number of aryl methyl sites for hydroxylation is 1. The lowest BCUT2D eigenvalue weighted by molar-refractivity contribution is 0.0658. The van der Waals surface area contributed by atoms with Gasteiger partial charge in [0, 0.05) is 19.8 Å². The van der Waals surface area contributed by atoms with Crippen molar-refractivity contribution in [2.75, 3.05) is 33.5 Å². The molecule has 0 aromatic heterocycles. The molecule has 108 valence electrons. The molecule has 0 fully saturated rings. The zero-order valence-electron chi connectivity index (χ0n) is 12.0. The zero-order chi connectivity index (χ0) is 14.1. The fourth-order valence-electron chi connectivity index (χ4n) is 2.04. The van der Waals surface area contributed by atoms with E-state index in [1.54, 1.807) is 19.2 Å². The van der Waals surface area contributed by atoms with Crippen LogP contribution >= 0.6 is 0 Å². The summed E-state index contributed by atoms with van der Waals surface area (Å²) in [6.07, 6.45) is 0.820. The molecule has 1 aromatic rings. The molecule has 0 aliphatic rings. The van der Waals surface area contributed by atoms with E-state index in [2.05, 4.69) is 5.32 Å². The summed E-state index contributed by atoms with van der Waals surface area (Å²) >= 11 is 0. The quantitative estimate of drug-likeness (QED) is 0.699. The van der Waals surface area contributed by atoms with Gasteiger partial charge in [-0.05, 0) is 43.1 Å². The van der Waals surface area contributed by atoms with E-state index in [0.29, 0.717) is 19.8 Å². The van der Waals surface area contributed by atoms with Crippen molar-refractivity contribution >= 4 is 0 Å². The Hall–Kier alpha value is -0.970. The van der Waals surface area contributed by atoms with Crippen LogP contribution in [0.1, 0.15) is 30.5 Å². The highest BCUT2D eigenvalue weighted by Crippen LogP contribution is 2.19. The summed E-state index contributed by atoms with van der Waals surface area (Å²) in [5.41, 5.74) is 1.92. The Balaban J connectivity index is 2.55. The smallest absolute Gasteiger partial charge is 0.123 e. The highest BCUT2D eigenvalue weighted by Gasteiger charge is 2.11. The standard InChI is InChI=1S/C15H24FNO2/c1-4-17-15(5-6-19-8-7-18-3)13-9-12(2)10-14(16)11-13/h9-11,15,17H,4-8H2,1-3H3. The summed E-state index contributed by atoms with van der Waals surface area (Å²) in [5, 5.41) is 3.37. The van der Waals surface area contributed by atoms with Gasteiger partial charge < -0.3 is 14.8 Å². The summed E-state index contributed by atoms with van der Waals surface area (Å²) in [7, 11) is 1.65. The second-order valence-corrected chi connectivity index (χ2v) is 4.57. The fraction of sp³-hybridized carbons (Fsp3) is 0.600. The first-order chi connectivity index (χ1) is 9.17. The number of hydrogen-bond donors (Lipinski definition) is 1. The Bertz CT molecular complexity index is 351. The van der Waals surface area contributed by atoms with Crippen molar-refractivity contribution in [3.8, 4) is 0 Å². The van der Waals surface area contributed by atoms with Crippen LogP contribution < -0.4 is 5.32 Å². The maximum atomic E-state index is 13.4. The number of ether oxygens (including phenoxy) is 2. The summed E-state index contributed by atoms with van der Waals surface area (Å²) in [4.78, 5) is 0. The van der Waals surface area contributed by atoms with E-state index in [9.17, 15) is 4.39 Å². The molecule has 0 amide bonds. The van der Waals surface area contributed by atoms with Crippen LogP contribution in [0.4, 0.5) is 4.39 Å². The Morgan fingerprint density at radius 3 is 2.63 bits per heavy atom. The third kappa shape index (κ3) is 6.14. The third-order valence-corrected chi connectivity index (χ3v) is 2.90. The van der Waals surface area contributed by atoms with Crippen molar-refractivity contribution in [2.45, 2.75) is 26.3 Å². The van der Waals surface area contributed by atoms with Gasteiger partial charge in [-0.25, -0.2) is 4.39 Å². The van der Waals surface area contributed by atoms with E-state index in [0.717, 1.165) is 24.1 Å². The average molecular weight is 269 g/mol. The first-order valence-electron chi connectivity index (χ1n) is 6.74. The predicted octanol–water partition coefficient (Wildman–Crippen LogP) is 2.84. The lowest BCUT2D eigenvalue weighted by Crippen LogP contribution is -2.23. The molecule has 0 spiro atoms. The Morgan fingerprint density at radius 2 is 2.00 bits per heavy atom. The normalized spacial score (nSPS) is 12.6. The maximum absolute atomic E-state index is 13.4. The van der Waals surface area contributed by atoms with Gasteiger partial charge in [0.05, 0.1) is 13.2 Å². The molecule has 4 heteroatoms. The van der Waals surface area contributed by atoms with Crippen molar-refractivity contribution in [1.29, 1.82) is 0 Å².